The molecule has 0 bridgehead atoms. The van der Waals surface area contributed by atoms with Gasteiger partial charge in [-0.15, -0.1) is 0 Å². The van der Waals surface area contributed by atoms with Gasteiger partial charge in [0.25, 0.3) is 0 Å². The van der Waals surface area contributed by atoms with E-state index in [9.17, 15) is 13.2 Å². The number of hydrogen-bond donors (Lipinski definition) is 0. The first-order chi connectivity index (χ1) is 6.45. The maximum atomic E-state index is 11.3. The van der Waals surface area contributed by atoms with Crippen molar-refractivity contribution in [1.29, 1.82) is 0 Å². The molecule has 0 N–H and O–H groups in total. The lowest BCUT2D eigenvalue weighted by atomic mass is 9.89. The van der Waals surface area contributed by atoms with Crippen molar-refractivity contribution in [3.05, 3.63) is 0 Å². The van der Waals surface area contributed by atoms with Crippen LogP contribution in [0, 0.1) is 5.92 Å². The van der Waals surface area contributed by atoms with Crippen LogP contribution in [0.15, 0.2) is 0 Å². The molecule has 0 heterocycles. The molecule has 0 radical (unpaired) electrons. The van der Waals surface area contributed by atoms with Crippen LogP contribution in [0.5, 0.6) is 0 Å². The van der Waals surface area contributed by atoms with Crippen molar-refractivity contribution >= 4 is 15.8 Å². The number of ether oxygens (including phenoxy) is 1. The Morgan fingerprint density at radius 1 is 1.36 bits per heavy atom. The maximum absolute atomic E-state index is 11.3. The van der Waals surface area contributed by atoms with Gasteiger partial charge in [-0.3, -0.25) is 4.79 Å². The summed E-state index contributed by atoms with van der Waals surface area (Å²) in [5.74, 6) is -0.508. The fraction of sp³-hybridized carbons (Fsp3) is 0.889. The Morgan fingerprint density at radius 3 is 2.50 bits per heavy atom. The Kier molecular flexibility index (Phi) is 3.53. The average molecular weight is 220 g/mol. The second kappa shape index (κ2) is 4.29. The zero-order valence-electron chi connectivity index (χ0n) is 8.52. The smallest absolute Gasteiger partial charge is 0.308 e. The summed E-state index contributed by atoms with van der Waals surface area (Å²) >= 11 is 0. The Hall–Kier alpha value is -0.580. The molecule has 2 unspecified atom stereocenters. The summed E-state index contributed by atoms with van der Waals surface area (Å²) in [6.07, 6.45) is 3.87. The van der Waals surface area contributed by atoms with Crippen molar-refractivity contribution in [2.24, 2.45) is 5.92 Å². The predicted molar refractivity (Wildman–Crippen MR) is 52.6 cm³/mol. The predicted octanol–water partition coefficient (Wildman–Crippen LogP) is 0.763. The Bertz CT molecular complexity index is 307. The lowest BCUT2D eigenvalue weighted by molar-refractivity contribution is -0.146. The first-order valence-electron chi connectivity index (χ1n) is 4.72. The minimum atomic E-state index is -3.01. The number of sulfone groups is 1. The highest BCUT2D eigenvalue weighted by atomic mass is 32.2. The van der Waals surface area contributed by atoms with Gasteiger partial charge >= 0.3 is 5.97 Å². The zero-order valence-corrected chi connectivity index (χ0v) is 9.34. The van der Waals surface area contributed by atoms with Crippen LogP contribution < -0.4 is 0 Å². The number of carbonyl (C=O) groups excluding carboxylic acids is 1. The third-order valence-corrected chi connectivity index (χ3v) is 4.41. The largest absolute Gasteiger partial charge is 0.469 e. The fourth-order valence-corrected chi connectivity index (χ4v) is 3.09. The van der Waals surface area contributed by atoms with E-state index in [1.165, 1.54) is 13.4 Å². The van der Waals surface area contributed by atoms with Crippen molar-refractivity contribution in [2.45, 2.75) is 30.9 Å². The summed E-state index contributed by atoms with van der Waals surface area (Å²) in [6.45, 7) is 0. The highest BCUT2D eigenvalue weighted by Crippen LogP contribution is 2.29. The molecule has 5 heteroatoms. The molecule has 2 atom stereocenters. The first kappa shape index (κ1) is 11.5. The molecule has 4 nitrogen and oxygen atoms in total. The molecule has 1 aliphatic carbocycles. The maximum Gasteiger partial charge on any atom is 0.308 e. The van der Waals surface area contributed by atoms with Crippen molar-refractivity contribution in [3.8, 4) is 0 Å². The summed E-state index contributed by atoms with van der Waals surface area (Å²) in [5.41, 5.74) is 0. The van der Waals surface area contributed by atoms with Crippen molar-refractivity contribution in [1.82, 2.24) is 0 Å². The van der Waals surface area contributed by atoms with Crippen LogP contribution >= 0.6 is 0 Å². The Balaban J connectivity index is 2.65. The average Bonchev–Trinajstić information content (AvgIpc) is 2.15. The van der Waals surface area contributed by atoms with E-state index in [0.29, 0.717) is 12.8 Å². The van der Waals surface area contributed by atoms with E-state index >= 15 is 0 Å². The molecule has 1 fully saturated rings. The number of methoxy groups -OCH3 is 1. The van der Waals surface area contributed by atoms with E-state index in [1.807, 2.05) is 0 Å². The van der Waals surface area contributed by atoms with Crippen molar-refractivity contribution < 1.29 is 17.9 Å². The molecule has 82 valence electrons. The number of esters is 1. The Labute approximate surface area is 84.6 Å². The van der Waals surface area contributed by atoms with Gasteiger partial charge in [0.2, 0.25) is 0 Å². The number of rotatable bonds is 2. The van der Waals surface area contributed by atoms with Gasteiger partial charge in [0.15, 0.2) is 0 Å². The molecule has 0 amide bonds. The van der Waals surface area contributed by atoms with E-state index < -0.39 is 9.84 Å². The molecule has 0 saturated heterocycles. The number of carbonyl (C=O) groups is 1. The highest BCUT2D eigenvalue weighted by Gasteiger charge is 2.32. The molecule has 1 aliphatic rings. The minimum Gasteiger partial charge on any atom is -0.469 e. The highest BCUT2D eigenvalue weighted by molar-refractivity contribution is 7.91. The Morgan fingerprint density at radius 2 is 2.00 bits per heavy atom. The van der Waals surface area contributed by atoms with Crippen molar-refractivity contribution in [2.75, 3.05) is 13.4 Å². The summed E-state index contributed by atoms with van der Waals surface area (Å²) < 4.78 is 27.2. The normalized spacial score (nSPS) is 28.4. The standard InChI is InChI=1S/C9H16O4S/c1-13-9(10)7-4-3-5-8(6-7)14(2,11)12/h7-8H,3-6H2,1-2H3. The number of hydrogen-bond acceptors (Lipinski definition) is 4. The van der Waals surface area contributed by atoms with Crippen LogP contribution in [0.2, 0.25) is 0 Å². The van der Waals surface area contributed by atoms with Crippen LogP contribution in [0.1, 0.15) is 25.7 Å². The molecular weight excluding hydrogens is 204 g/mol. The van der Waals surface area contributed by atoms with Crippen LogP contribution in [0.25, 0.3) is 0 Å². The van der Waals surface area contributed by atoms with E-state index in [4.69, 9.17) is 0 Å². The summed E-state index contributed by atoms with van der Waals surface area (Å²) in [7, 11) is -1.67. The molecule has 0 aromatic heterocycles. The van der Waals surface area contributed by atoms with Crippen molar-refractivity contribution in [3.63, 3.8) is 0 Å². The molecule has 14 heavy (non-hydrogen) atoms. The lowest BCUT2D eigenvalue weighted by Crippen LogP contribution is -2.31. The molecule has 0 spiro atoms. The molecule has 1 rings (SSSR count). The quantitative estimate of drug-likeness (QED) is 0.645. The zero-order chi connectivity index (χ0) is 10.8. The topological polar surface area (TPSA) is 60.4 Å². The third kappa shape index (κ3) is 2.70. The van der Waals surface area contributed by atoms with Crippen LogP contribution in [-0.4, -0.2) is 33.0 Å². The van der Waals surface area contributed by atoms with Crippen LogP contribution in [-0.2, 0) is 19.4 Å². The third-order valence-electron chi connectivity index (χ3n) is 2.77. The summed E-state index contributed by atoms with van der Waals surface area (Å²) in [6, 6.07) is 0. The van der Waals surface area contributed by atoms with Crippen LogP contribution in [0.3, 0.4) is 0 Å². The van der Waals surface area contributed by atoms with Gasteiger partial charge in [-0.1, -0.05) is 6.42 Å². The molecule has 0 aliphatic heterocycles. The molecular formula is C9H16O4S. The van der Waals surface area contributed by atoms with Gasteiger partial charge in [0, 0.05) is 6.26 Å². The monoisotopic (exact) mass is 220 g/mol. The fourth-order valence-electron chi connectivity index (χ4n) is 1.91. The van der Waals surface area contributed by atoms with E-state index in [2.05, 4.69) is 4.74 Å². The van der Waals surface area contributed by atoms with Gasteiger partial charge in [0.1, 0.15) is 9.84 Å². The van der Waals surface area contributed by atoms with E-state index in [-0.39, 0.29) is 17.1 Å². The van der Waals surface area contributed by atoms with Gasteiger partial charge in [0.05, 0.1) is 18.3 Å². The van der Waals surface area contributed by atoms with E-state index in [1.54, 1.807) is 0 Å². The van der Waals surface area contributed by atoms with Gasteiger partial charge in [-0.05, 0) is 19.3 Å². The second-order valence-corrected chi connectivity index (χ2v) is 6.16. The van der Waals surface area contributed by atoms with Gasteiger partial charge in [-0.2, -0.15) is 0 Å². The second-order valence-electron chi connectivity index (χ2n) is 3.84. The lowest BCUT2D eigenvalue weighted by Gasteiger charge is -2.25. The van der Waals surface area contributed by atoms with Gasteiger partial charge < -0.3 is 4.74 Å². The SMILES string of the molecule is COC(=O)C1CCCC(S(C)(=O)=O)C1. The molecule has 1 saturated carbocycles. The summed E-state index contributed by atoms with van der Waals surface area (Å²) in [4.78, 5) is 11.2. The minimum absolute atomic E-state index is 0.228. The van der Waals surface area contributed by atoms with Gasteiger partial charge in [-0.25, -0.2) is 8.42 Å². The first-order valence-corrected chi connectivity index (χ1v) is 6.67. The summed E-state index contributed by atoms with van der Waals surface area (Å²) in [5, 5.41) is -0.361. The molecule has 0 aromatic rings. The molecule has 0 aromatic carbocycles. The van der Waals surface area contributed by atoms with Crippen LogP contribution in [0.4, 0.5) is 0 Å². The van der Waals surface area contributed by atoms with E-state index in [0.717, 1.165) is 12.8 Å².